The second kappa shape index (κ2) is 7.17. The lowest BCUT2D eigenvalue weighted by Gasteiger charge is -2.26. The number of hydrogen-bond acceptors (Lipinski definition) is 2. The van der Waals surface area contributed by atoms with Crippen molar-refractivity contribution in [3.63, 3.8) is 0 Å². The van der Waals surface area contributed by atoms with Gasteiger partial charge in [0.2, 0.25) is 0 Å². The fourth-order valence-corrected chi connectivity index (χ4v) is 2.97. The second-order valence-corrected chi connectivity index (χ2v) is 5.50. The van der Waals surface area contributed by atoms with Crippen molar-refractivity contribution in [2.45, 2.75) is 57.9 Å². The highest BCUT2D eigenvalue weighted by atomic mass is 16.5. The lowest BCUT2D eigenvalue weighted by Crippen LogP contribution is -2.34. The summed E-state index contributed by atoms with van der Waals surface area (Å²) in [5.74, 6) is 0.784. The van der Waals surface area contributed by atoms with E-state index in [0.717, 1.165) is 25.7 Å². The van der Waals surface area contributed by atoms with Crippen LogP contribution in [0, 0.1) is 5.92 Å². The fourth-order valence-electron chi connectivity index (χ4n) is 2.97. The molecule has 0 bridgehead atoms. The summed E-state index contributed by atoms with van der Waals surface area (Å²) < 4.78 is 5.50. The van der Waals surface area contributed by atoms with Crippen LogP contribution in [0.4, 0.5) is 0 Å². The molecule has 1 N–H and O–H groups in total. The van der Waals surface area contributed by atoms with Gasteiger partial charge in [0.05, 0.1) is 0 Å². The maximum atomic E-state index is 5.50. The summed E-state index contributed by atoms with van der Waals surface area (Å²) in [6.07, 6.45) is 11.6. The van der Waals surface area contributed by atoms with E-state index in [1.807, 2.05) is 0 Å². The van der Waals surface area contributed by atoms with E-state index in [1.54, 1.807) is 5.57 Å². The molecule has 0 aromatic heterocycles. The van der Waals surface area contributed by atoms with Gasteiger partial charge in [-0.1, -0.05) is 18.6 Å². The molecule has 1 fully saturated rings. The zero-order valence-corrected chi connectivity index (χ0v) is 11.2. The zero-order chi connectivity index (χ0) is 11.9. The second-order valence-electron chi connectivity index (χ2n) is 5.50. The van der Waals surface area contributed by atoms with Crippen molar-refractivity contribution < 1.29 is 4.74 Å². The maximum Gasteiger partial charge on any atom is 0.0495 e. The predicted octanol–water partition coefficient (Wildman–Crippen LogP) is 3.28. The lowest BCUT2D eigenvalue weighted by atomic mass is 9.88. The quantitative estimate of drug-likeness (QED) is 0.716. The third kappa shape index (κ3) is 4.11. The molecule has 0 spiro atoms. The molecule has 2 rings (SSSR count). The van der Waals surface area contributed by atoms with Gasteiger partial charge < -0.3 is 10.1 Å². The first-order chi connectivity index (χ1) is 8.40. The summed E-state index contributed by atoms with van der Waals surface area (Å²) in [6, 6.07) is 0.627. The van der Waals surface area contributed by atoms with E-state index in [9.17, 15) is 0 Å². The van der Waals surface area contributed by atoms with Gasteiger partial charge in [0.1, 0.15) is 0 Å². The Labute approximate surface area is 106 Å². The lowest BCUT2D eigenvalue weighted by molar-refractivity contribution is 0.182. The number of hydrogen-bond donors (Lipinski definition) is 1. The minimum atomic E-state index is 0.627. The van der Waals surface area contributed by atoms with E-state index in [-0.39, 0.29) is 0 Å². The highest BCUT2D eigenvalue weighted by molar-refractivity contribution is 5.13. The van der Waals surface area contributed by atoms with Gasteiger partial charge >= 0.3 is 0 Å². The Morgan fingerprint density at radius 1 is 1.47 bits per heavy atom. The van der Waals surface area contributed by atoms with E-state index >= 15 is 0 Å². The van der Waals surface area contributed by atoms with E-state index in [1.165, 1.54) is 44.9 Å². The Bertz CT molecular complexity index is 243. The molecule has 1 aliphatic heterocycles. The summed E-state index contributed by atoms with van der Waals surface area (Å²) in [4.78, 5) is 0. The molecule has 17 heavy (non-hydrogen) atoms. The molecule has 0 aromatic carbocycles. The molecule has 2 nitrogen and oxygen atoms in total. The molecule has 0 saturated carbocycles. The maximum absolute atomic E-state index is 5.50. The summed E-state index contributed by atoms with van der Waals surface area (Å²) in [5, 5.41) is 3.74. The zero-order valence-electron chi connectivity index (χ0n) is 11.2. The van der Waals surface area contributed by atoms with Crippen LogP contribution >= 0.6 is 0 Å². The molecular weight excluding hydrogens is 210 g/mol. The van der Waals surface area contributed by atoms with Crippen molar-refractivity contribution in [1.29, 1.82) is 0 Å². The monoisotopic (exact) mass is 237 g/mol. The Kier molecular flexibility index (Phi) is 5.53. The molecule has 2 unspecified atom stereocenters. The Morgan fingerprint density at radius 2 is 2.41 bits per heavy atom. The highest BCUT2D eigenvalue weighted by Crippen LogP contribution is 2.26. The van der Waals surface area contributed by atoms with Crippen LogP contribution < -0.4 is 5.32 Å². The molecule has 2 atom stereocenters. The first-order valence-electron chi connectivity index (χ1n) is 7.40. The van der Waals surface area contributed by atoms with Gasteiger partial charge in [0, 0.05) is 19.3 Å². The molecule has 1 heterocycles. The smallest absolute Gasteiger partial charge is 0.0495 e. The van der Waals surface area contributed by atoms with Gasteiger partial charge in [0.25, 0.3) is 0 Å². The van der Waals surface area contributed by atoms with Crippen molar-refractivity contribution in [2.24, 2.45) is 5.92 Å². The summed E-state index contributed by atoms with van der Waals surface area (Å²) in [7, 11) is 0. The molecule has 98 valence electrons. The first-order valence-corrected chi connectivity index (χ1v) is 7.40. The molecule has 0 radical (unpaired) electrons. The normalized spacial score (nSPS) is 26.9. The van der Waals surface area contributed by atoms with Gasteiger partial charge in [-0.15, -0.1) is 0 Å². The summed E-state index contributed by atoms with van der Waals surface area (Å²) in [6.45, 7) is 5.36. The number of ether oxygens (including phenoxy) is 1. The minimum absolute atomic E-state index is 0.627. The van der Waals surface area contributed by atoms with E-state index in [2.05, 4.69) is 18.3 Å². The highest BCUT2D eigenvalue weighted by Gasteiger charge is 2.23. The summed E-state index contributed by atoms with van der Waals surface area (Å²) >= 11 is 0. The van der Waals surface area contributed by atoms with Crippen LogP contribution in [0.15, 0.2) is 11.6 Å². The average molecular weight is 237 g/mol. The predicted molar refractivity (Wildman–Crippen MR) is 72.2 cm³/mol. The van der Waals surface area contributed by atoms with Crippen LogP contribution in [0.25, 0.3) is 0 Å². The molecular formula is C15H27NO. The van der Waals surface area contributed by atoms with Gasteiger partial charge in [-0.2, -0.15) is 0 Å². The Morgan fingerprint density at radius 3 is 3.06 bits per heavy atom. The van der Waals surface area contributed by atoms with E-state index in [4.69, 9.17) is 4.74 Å². The summed E-state index contributed by atoms with van der Waals surface area (Å²) in [5.41, 5.74) is 1.68. The minimum Gasteiger partial charge on any atom is -0.381 e. The van der Waals surface area contributed by atoms with Gasteiger partial charge in [-0.05, 0) is 57.4 Å². The van der Waals surface area contributed by atoms with Crippen LogP contribution in [0.3, 0.4) is 0 Å². The average Bonchev–Trinajstić information content (AvgIpc) is 2.88. The molecule has 2 aliphatic rings. The Balaban J connectivity index is 1.88. The fraction of sp³-hybridized carbons (Fsp3) is 0.867. The topological polar surface area (TPSA) is 21.3 Å². The van der Waals surface area contributed by atoms with Crippen LogP contribution in [-0.4, -0.2) is 25.8 Å². The standard InChI is InChI=1S/C15H27NO/c1-2-9-16-15(11-13-8-10-17-12-13)14-6-4-3-5-7-14/h6,13,15-16H,2-5,7-12H2,1H3. The van der Waals surface area contributed by atoms with Crippen LogP contribution in [0.5, 0.6) is 0 Å². The van der Waals surface area contributed by atoms with E-state index < -0.39 is 0 Å². The van der Waals surface area contributed by atoms with Gasteiger partial charge in [0.15, 0.2) is 0 Å². The number of nitrogens with one attached hydrogen (secondary N) is 1. The van der Waals surface area contributed by atoms with Crippen molar-refractivity contribution in [1.82, 2.24) is 5.32 Å². The third-order valence-electron chi connectivity index (χ3n) is 4.01. The van der Waals surface area contributed by atoms with Gasteiger partial charge in [-0.3, -0.25) is 0 Å². The first kappa shape index (κ1) is 13.1. The Hall–Kier alpha value is -0.340. The molecule has 0 amide bonds. The van der Waals surface area contributed by atoms with Crippen molar-refractivity contribution in [3.8, 4) is 0 Å². The number of rotatable bonds is 6. The van der Waals surface area contributed by atoms with Gasteiger partial charge in [-0.25, -0.2) is 0 Å². The van der Waals surface area contributed by atoms with E-state index in [0.29, 0.717) is 6.04 Å². The molecule has 0 aromatic rings. The van der Waals surface area contributed by atoms with Crippen molar-refractivity contribution in [2.75, 3.05) is 19.8 Å². The van der Waals surface area contributed by atoms with Crippen LogP contribution in [-0.2, 0) is 4.74 Å². The number of allylic oxidation sites excluding steroid dienone is 1. The molecule has 1 aliphatic carbocycles. The van der Waals surface area contributed by atoms with Crippen molar-refractivity contribution in [3.05, 3.63) is 11.6 Å². The van der Waals surface area contributed by atoms with Crippen molar-refractivity contribution >= 4 is 0 Å². The van der Waals surface area contributed by atoms with Crippen LogP contribution in [0.1, 0.15) is 51.9 Å². The molecule has 1 saturated heterocycles. The third-order valence-corrected chi connectivity index (χ3v) is 4.01. The SMILES string of the molecule is CCCNC(CC1CCOC1)C1=CCCCC1. The van der Waals surface area contributed by atoms with Crippen LogP contribution in [0.2, 0.25) is 0 Å². The largest absolute Gasteiger partial charge is 0.381 e. The molecule has 2 heteroatoms.